The number of amides is 2. The fourth-order valence-corrected chi connectivity index (χ4v) is 6.07. The summed E-state index contributed by atoms with van der Waals surface area (Å²) in [5.74, 6) is -6.51. The van der Waals surface area contributed by atoms with E-state index in [0.29, 0.717) is 29.8 Å². The molecule has 0 aromatic heterocycles. The Morgan fingerprint density at radius 1 is 1.21 bits per heavy atom. The molecule has 0 heterocycles. The molecule has 0 fully saturated rings. The molecule has 0 spiro atoms. The van der Waals surface area contributed by atoms with Gasteiger partial charge in [-0.3, -0.25) is 19.2 Å². The summed E-state index contributed by atoms with van der Waals surface area (Å²) in [5, 5.41) is 44.2. The highest BCUT2D eigenvalue weighted by Crippen LogP contribution is 2.52. The number of hydrogen-bond donors (Lipinski definition) is 5. The van der Waals surface area contributed by atoms with Gasteiger partial charge in [-0.05, 0) is 36.3 Å². The molecule has 1 aromatic carbocycles. The number of benzene rings is 1. The number of phenolic OH excluding ortho intramolecular Hbond substituents is 1. The molecule has 11 heteroatoms. The molecular formula is C27H33N3O8. The third-order valence-corrected chi connectivity index (χ3v) is 7.72. The van der Waals surface area contributed by atoms with Crippen molar-refractivity contribution in [2.45, 2.75) is 45.3 Å². The van der Waals surface area contributed by atoms with Gasteiger partial charge in [0.15, 0.2) is 11.4 Å². The quantitative estimate of drug-likeness (QED) is 0.257. The SMILES string of the molecule is CC(C)CN(C=O)Cc1cc(N(C)C)c2c(c1O)C(=O)C1=C(O)C3(O)C(=O)C(C(N)=O)=C(O)C[C@@H]3CC1C2. The molecule has 4 rings (SSSR count). The molecule has 3 aliphatic carbocycles. The molecule has 0 aliphatic heterocycles. The van der Waals surface area contributed by atoms with Crippen LogP contribution in [-0.2, 0) is 27.3 Å². The smallest absolute Gasteiger partial charge is 0.255 e. The lowest BCUT2D eigenvalue weighted by Crippen LogP contribution is -2.57. The Hall–Kier alpha value is -3.86. The summed E-state index contributed by atoms with van der Waals surface area (Å²) in [4.78, 5) is 53.8. The van der Waals surface area contributed by atoms with E-state index in [-0.39, 0.29) is 48.6 Å². The van der Waals surface area contributed by atoms with Gasteiger partial charge in [-0.2, -0.15) is 0 Å². The van der Waals surface area contributed by atoms with Crippen LogP contribution >= 0.6 is 0 Å². The number of fused-ring (bicyclic) bond motifs is 3. The van der Waals surface area contributed by atoms with E-state index in [9.17, 15) is 39.6 Å². The summed E-state index contributed by atoms with van der Waals surface area (Å²) in [6.45, 7) is 4.36. The van der Waals surface area contributed by atoms with Crippen molar-refractivity contribution >= 4 is 29.6 Å². The maximum atomic E-state index is 13.9. The number of carbonyl (C=O) groups excluding carboxylic acids is 4. The largest absolute Gasteiger partial charge is 0.511 e. The fourth-order valence-electron chi connectivity index (χ4n) is 6.07. The number of ketones is 2. The summed E-state index contributed by atoms with van der Waals surface area (Å²) in [6, 6.07) is 1.73. The third-order valence-electron chi connectivity index (χ3n) is 7.72. The van der Waals surface area contributed by atoms with Crippen LogP contribution in [0.3, 0.4) is 0 Å². The number of rotatable bonds is 7. The van der Waals surface area contributed by atoms with E-state index in [1.165, 1.54) is 4.90 Å². The Balaban J connectivity index is 1.88. The molecule has 0 radical (unpaired) electrons. The van der Waals surface area contributed by atoms with Gasteiger partial charge in [0.25, 0.3) is 5.91 Å². The molecule has 6 N–H and O–H groups in total. The molecule has 3 atom stereocenters. The molecule has 38 heavy (non-hydrogen) atoms. The summed E-state index contributed by atoms with van der Waals surface area (Å²) >= 11 is 0. The molecule has 0 saturated carbocycles. The number of aromatic hydroxyl groups is 1. The summed E-state index contributed by atoms with van der Waals surface area (Å²) in [5.41, 5.74) is 3.04. The Labute approximate surface area is 219 Å². The third kappa shape index (κ3) is 4.01. The molecular weight excluding hydrogens is 494 g/mol. The first-order chi connectivity index (χ1) is 17.7. The second-order valence-corrected chi connectivity index (χ2v) is 11.0. The molecule has 3 aliphatic rings. The van der Waals surface area contributed by atoms with Gasteiger partial charge in [-0.1, -0.05) is 13.8 Å². The van der Waals surface area contributed by atoms with E-state index in [2.05, 4.69) is 0 Å². The minimum absolute atomic E-state index is 0.0416. The van der Waals surface area contributed by atoms with Crippen molar-refractivity contribution in [2.75, 3.05) is 25.5 Å². The van der Waals surface area contributed by atoms with Gasteiger partial charge in [0.05, 0.1) is 5.56 Å². The predicted octanol–water partition coefficient (Wildman–Crippen LogP) is 1.26. The molecule has 2 unspecified atom stereocenters. The molecule has 204 valence electrons. The minimum Gasteiger partial charge on any atom is -0.511 e. The van der Waals surface area contributed by atoms with E-state index in [0.717, 1.165) is 0 Å². The van der Waals surface area contributed by atoms with Crippen molar-refractivity contribution in [1.29, 1.82) is 0 Å². The molecule has 1 aromatic rings. The lowest BCUT2D eigenvalue weighted by molar-refractivity contribution is -0.144. The predicted molar refractivity (Wildman–Crippen MR) is 136 cm³/mol. The molecule has 11 nitrogen and oxygen atoms in total. The van der Waals surface area contributed by atoms with Gasteiger partial charge in [0.2, 0.25) is 12.2 Å². The summed E-state index contributed by atoms with van der Waals surface area (Å²) in [6.07, 6.45) is 0.660. The Morgan fingerprint density at radius 3 is 2.42 bits per heavy atom. The average molecular weight is 528 g/mol. The van der Waals surface area contributed by atoms with Gasteiger partial charge in [0, 0.05) is 56.3 Å². The van der Waals surface area contributed by atoms with E-state index in [1.54, 1.807) is 25.1 Å². The van der Waals surface area contributed by atoms with Crippen LogP contribution in [0.5, 0.6) is 5.75 Å². The fraction of sp³-hybridized carbons (Fsp3) is 0.481. The van der Waals surface area contributed by atoms with E-state index in [4.69, 9.17) is 5.73 Å². The zero-order valence-electron chi connectivity index (χ0n) is 21.8. The molecule has 0 saturated heterocycles. The first kappa shape index (κ1) is 27.2. The topological polar surface area (TPSA) is 182 Å². The minimum atomic E-state index is -2.61. The van der Waals surface area contributed by atoms with Gasteiger partial charge in [0.1, 0.15) is 22.8 Å². The Kier molecular flexibility index (Phi) is 6.77. The second-order valence-electron chi connectivity index (χ2n) is 11.0. The highest BCUT2D eigenvalue weighted by molar-refractivity contribution is 6.24. The number of Topliss-reactive ketones (excluding diaryl/α,β-unsaturated/α-hetero) is 2. The van der Waals surface area contributed by atoms with E-state index in [1.807, 2.05) is 13.8 Å². The van der Waals surface area contributed by atoms with Crippen LogP contribution in [0.15, 0.2) is 28.7 Å². The number of allylic oxidation sites excluding steroid dienone is 2. The van der Waals surface area contributed by atoms with Crippen molar-refractivity contribution in [3.05, 3.63) is 45.4 Å². The summed E-state index contributed by atoms with van der Waals surface area (Å²) < 4.78 is 0. The van der Waals surface area contributed by atoms with Crippen LogP contribution < -0.4 is 10.6 Å². The van der Waals surface area contributed by atoms with E-state index >= 15 is 0 Å². The highest BCUT2D eigenvalue weighted by atomic mass is 16.3. The number of aliphatic hydroxyl groups excluding tert-OH is 2. The molecule has 0 bridgehead atoms. The Morgan fingerprint density at radius 2 is 1.87 bits per heavy atom. The van der Waals surface area contributed by atoms with Crippen molar-refractivity contribution in [3.63, 3.8) is 0 Å². The van der Waals surface area contributed by atoms with Crippen LogP contribution in [0.2, 0.25) is 0 Å². The van der Waals surface area contributed by atoms with Crippen molar-refractivity contribution in [1.82, 2.24) is 4.90 Å². The van der Waals surface area contributed by atoms with Crippen LogP contribution in [-0.4, -0.2) is 75.5 Å². The Bertz CT molecular complexity index is 1310. The molecule has 2 amide bonds. The first-order valence-electron chi connectivity index (χ1n) is 12.5. The van der Waals surface area contributed by atoms with Crippen LogP contribution in [0.25, 0.3) is 0 Å². The number of nitrogens with zero attached hydrogens (tertiary/aromatic N) is 2. The first-order valence-corrected chi connectivity index (χ1v) is 12.5. The lowest BCUT2D eigenvalue weighted by atomic mass is 9.60. The van der Waals surface area contributed by atoms with Gasteiger partial charge < -0.3 is 36.0 Å². The number of nitrogens with two attached hydrogens (primary N) is 1. The van der Waals surface area contributed by atoms with Crippen molar-refractivity contribution < 1.29 is 39.6 Å². The number of hydrogen-bond acceptors (Lipinski definition) is 9. The number of aliphatic hydroxyl groups is 3. The van der Waals surface area contributed by atoms with Crippen molar-refractivity contribution in [2.24, 2.45) is 23.5 Å². The maximum absolute atomic E-state index is 13.9. The summed E-state index contributed by atoms with van der Waals surface area (Å²) in [7, 11) is 3.56. The van der Waals surface area contributed by atoms with Gasteiger partial charge in [-0.15, -0.1) is 0 Å². The van der Waals surface area contributed by atoms with E-state index < -0.39 is 52.0 Å². The van der Waals surface area contributed by atoms with Crippen LogP contribution in [0, 0.1) is 17.8 Å². The highest BCUT2D eigenvalue weighted by Gasteiger charge is 2.59. The van der Waals surface area contributed by atoms with Crippen LogP contribution in [0.4, 0.5) is 5.69 Å². The lowest BCUT2D eigenvalue weighted by Gasteiger charge is -2.46. The maximum Gasteiger partial charge on any atom is 0.255 e. The standard InChI is InChI=1S/C27H33N3O8/c1-12(2)9-30(11-31)10-14-7-17(29(3)4)16-6-13-5-15-8-18(32)21(26(28)37)25(36)27(15,38)24(35)19(13)23(34)20(16)22(14)33/h7,11-13,15,32-33,35,38H,5-6,8-10H2,1-4H3,(H2,28,37)/t13?,15-,27?/m0/s1. The zero-order chi connectivity index (χ0) is 28.3. The van der Waals surface area contributed by atoms with Crippen molar-refractivity contribution in [3.8, 4) is 5.75 Å². The van der Waals surface area contributed by atoms with Gasteiger partial charge in [-0.25, -0.2) is 0 Å². The number of primary amides is 1. The monoisotopic (exact) mass is 527 g/mol. The average Bonchev–Trinajstić information content (AvgIpc) is 2.81. The number of phenols is 1. The normalized spacial score (nSPS) is 24.7. The second kappa shape index (κ2) is 9.46. The van der Waals surface area contributed by atoms with Crippen LogP contribution in [0.1, 0.15) is 48.2 Å². The zero-order valence-corrected chi connectivity index (χ0v) is 21.8. The number of anilines is 1. The number of carbonyl (C=O) groups is 4. The van der Waals surface area contributed by atoms with Gasteiger partial charge >= 0.3 is 0 Å².